The molecule has 1 rings (SSSR count). The van der Waals surface area contributed by atoms with Gasteiger partial charge in [0.1, 0.15) is 0 Å². The lowest BCUT2D eigenvalue weighted by molar-refractivity contribution is 0.562. The lowest BCUT2D eigenvalue weighted by atomic mass is 10.2. The summed E-state index contributed by atoms with van der Waals surface area (Å²) in [5.74, 6) is 0.611. The summed E-state index contributed by atoms with van der Waals surface area (Å²) in [7, 11) is 0. The van der Waals surface area contributed by atoms with Crippen molar-refractivity contribution in [1.29, 1.82) is 0 Å². The zero-order valence-electron chi connectivity index (χ0n) is 10.9. The smallest absolute Gasteiger partial charge is 0.151 e. The highest BCUT2D eigenvalue weighted by molar-refractivity contribution is 5.53. The molecular formula is C10H26N6. The molecule has 1 aliphatic rings. The number of nitrogens with one attached hydrogen (secondary N) is 2. The van der Waals surface area contributed by atoms with E-state index < -0.39 is 0 Å². The Morgan fingerprint density at radius 3 is 2.12 bits per heavy atom. The molecule has 2 unspecified atom stereocenters. The summed E-state index contributed by atoms with van der Waals surface area (Å²) in [6.07, 6.45) is 0.870. The first-order chi connectivity index (χ1) is 7.65. The molecule has 0 aromatic heterocycles. The average Bonchev–Trinajstić information content (AvgIpc) is 2.66. The summed E-state index contributed by atoms with van der Waals surface area (Å²) in [4.78, 5) is 3.88. The highest BCUT2D eigenvalue weighted by Gasteiger charge is 2.20. The van der Waals surface area contributed by atoms with Crippen LogP contribution in [0.3, 0.4) is 0 Å². The minimum absolute atomic E-state index is 0.134. The van der Waals surface area contributed by atoms with E-state index >= 15 is 0 Å². The maximum Gasteiger partial charge on any atom is 0.151 e. The zero-order valence-corrected chi connectivity index (χ0v) is 10.9. The predicted molar refractivity (Wildman–Crippen MR) is 70.3 cm³/mol. The Morgan fingerprint density at radius 1 is 1.25 bits per heavy atom. The van der Waals surface area contributed by atoms with Gasteiger partial charge in [-0.2, -0.15) is 0 Å². The summed E-state index contributed by atoms with van der Waals surface area (Å²) in [5, 5.41) is 5.81. The fourth-order valence-corrected chi connectivity index (χ4v) is 1.03. The van der Waals surface area contributed by atoms with Crippen molar-refractivity contribution in [2.24, 2.45) is 22.2 Å². The van der Waals surface area contributed by atoms with E-state index in [4.69, 9.17) is 17.2 Å². The summed E-state index contributed by atoms with van der Waals surface area (Å²) < 4.78 is 0. The molecule has 6 heteroatoms. The van der Waals surface area contributed by atoms with Gasteiger partial charge in [-0.05, 0) is 6.92 Å². The van der Waals surface area contributed by atoms with Gasteiger partial charge in [-0.1, -0.05) is 27.7 Å². The molecular weight excluding hydrogens is 204 g/mol. The number of nitrogens with two attached hydrogens (primary N) is 3. The first-order valence-electron chi connectivity index (χ1n) is 5.68. The van der Waals surface area contributed by atoms with E-state index in [0.717, 1.165) is 5.70 Å². The second kappa shape index (κ2) is 10.3. The molecule has 96 valence electrons. The lowest BCUT2D eigenvalue weighted by Gasteiger charge is -2.08. The van der Waals surface area contributed by atoms with Crippen LogP contribution in [0.15, 0.2) is 16.5 Å². The number of aliphatic imine (C=N–C) groups is 1. The van der Waals surface area contributed by atoms with Gasteiger partial charge in [0.15, 0.2) is 12.1 Å². The first-order valence-corrected chi connectivity index (χ1v) is 5.68. The van der Waals surface area contributed by atoms with Crippen LogP contribution in [-0.2, 0) is 0 Å². The molecule has 0 aromatic carbocycles. The van der Waals surface area contributed by atoms with Crippen molar-refractivity contribution >= 4 is 6.34 Å². The molecule has 0 aliphatic carbocycles. The van der Waals surface area contributed by atoms with Crippen LogP contribution < -0.4 is 27.8 Å². The van der Waals surface area contributed by atoms with Gasteiger partial charge in [0.05, 0.1) is 12.0 Å². The standard InChI is InChI=1S/C6H14N6.2C2H6/c1-3(8)4-5(10-2-7)12-6(9)11-4;2*1-2/h2-3,6,11-12H,8-9H2,1H3,(H2,7,10);2*1-2H3. The van der Waals surface area contributed by atoms with Crippen molar-refractivity contribution in [3.63, 3.8) is 0 Å². The van der Waals surface area contributed by atoms with Crippen LogP contribution in [0.2, 0.25) is 0 Å². The van der Waals surface area contributed by atoms with Gasteiger partial charge in [0.25, 0.3) is 0 Å². The fraction of sp³-hybridized carbons (Fsp3) is 0.700. The molecule has 2 atom stereocenters. The Bertz CT molecular complexity index is 221. The van der Waals surface area contributed by atoms with Gasteiger partial charge >= 0.3 is 0 Å². The van der Waals surface area contributed by atoms with Crippen molar-refractivity contribution in [3.8, 4) is 0 Å². The van der Waals surface area contributed by atoms with E-state index in [1.165, 1.54) is 6.34 Å². The predicted octanol–water partition coefficient (Wildman–Crippen LogP) is -0.0228. The second-order valence-electron chi connectivity index (χ2n) is 2.60. The Kier molecular flexibility index (Phi) is 11.0. The monoisotopic (exact) mass is 230 g/mol. The Balaban J connectivity index is 0. The van der Waals surface area contributed by atoms with Crippen LogP contribution in [0, 0.1) is 0 Å². The largest absolute Gasteiger partial charge is 0.390 e. The van der Waals surface area contributed by atoms with Crippen LogP contribution in [0.25, 0.3) is 0 Å². The molecule has 8 N–H and O–H groups in total. The third kappa shape index (κ3) is 5.57. The molecule has 16 heavy (non-hydrogen) atoms. The van der Waals surface area contributed by atoms with Gasteiger partial charge in [-0.15, -0.1) is 0 Å². The minimum Gasteiger partial charge on any atom is -0.390 e. The van der Waals surface area contributed by atoms with Gasteiger partial charge in [-0.3, -0.25) is 5.73 Å². The zero-order chi connectivity index (χ0) is 13.1. The molecule has 6 nitrogen and oxygen atoms in total. The van der Waals surface area contributed by atoms with Crippen molar-refractivity contribution < 1.29 is 0 Å². The number of nitrogens with zero attached hydrogens (tertiary/aromatic N) is 1. The molecule has 0 saturated carbocycles. The van der Waals surface area contributed by atoms with Crippen LogP contribution in [0.1, 0.15) is 34.6 Å². The van der Waals surface area contributed by atoms with Crippen molar-refractivity contribution in [2.75, 3.05) is 0 Å². The van der Waals surface area contributed by atoms with E-state index in [0.29, 0.717) is 5.82 Å². The Hall–Kier alpha value is -1.27. The van der Waals surface area contributed by atoms with Gasteiger partial charge in [0, 0.05) is 6.04 Å². The molecule has 1 aliphatic heterocycles. The van der Waals surface area contributed by atoms with Gasteiger partial charge in [0.2, 0.25) is 0 Å². The molecule has 0 amide bonds. The number of hydrogen-bond acceptors (Lipinski definition) is 5. The maximum atomic E-state index is 5.65. The second-order valence-corrected chi connectivity index (χ2v) is 2.60. The fourth-order valence-electron chi connectivity index (χ4n) is 1.03. The van der Waals surface area contributed by atoms with Gasteiger partial charge in [-0.25, -0.2) is 4.99 Å². The third-order valence-electron chi connectivity index (χ3n) is 1.52. The van der Waals surface area contributed by atoms with E-state index in [1.54, 1.807) is 0 Å². The minimum atomic E-state index is -0.329. The maximum absolute atomic E-state index is 5.65. The number of rotatable bonds is 2. The van der Waals surface area contributed by atoms with E-state index in [1.807, 2.05) is 34.6 Å². The van der Waals surface area contributed by atoms with Gasteiger partial charge < -0.3 is 22.1 Å². The lowest BCUT2D eigenvalue weighted by Crippen LogP contribution is -2.43. The summed E-state index contributed by atoms with van der Waals surface area (Å²) in [5.41, 5.74) is 17.1. The molecule has 0 aromatic rings. The number of hydrogen-bond donors (Lipinski definition) is 5. The Morgan fingerprint density at radius 2 is 1.75 bits per heavy atom. The quantitative estimate of drug-likeness (QED) is 0.338. The van der Waals surface area contributed by atoms with E-state index in [9.17, 15) is 0 Å². The first kappa shape index (κ1) is 17.1. The summed E-state index contributed by atoms with van der Waals surface area (Å²) >= 11 is 0. The van der Waals surface area contributed by atoms with Crippen LogP contribution in [0.4, 0.5) is 0 Å². The normalized spacial score (nSPS) is 20.1. The molecule has 0 radical (unpaired) electrons. The third-order valence-corrected chi connectivity index (χ3v) is 1.52. The highest BCUT2D eigenvalue weighted by Crippen LogP contribution is 2.08. The van der Waals surface area contributed by atoms with Crippen molar-refractivity contribution in [2.45, 2.75) is 47.0 Å². The molecule has 1 heterocycles. The molecule has 0 saturated heterocycles. The van der Waals surface area contributed by atoms with Crippen LogP contribution >= 0.6 is 0 Å². The average molecular weight is 230 g/mol. The summed E-state index contributed by atoms with van der Waals surface area (Å²) in [6.45, 7) is 9.84. The van der Waals surface area contributed by atoms with Crippen molar-refractivity contribution in [1.82, 2.24) is 10.6 Å². The van der Waals surface area contributed by atoms with E-state index in [-0.39, 0.29) is 12.3 Å². The molecule has 0 spiro atoms. The Labute approximate surface area is 98.4 Å². The topological polar surface area (TPSA) is 114 Å². The molecule has 0 fully saturated rings. The highest BCUT2D eigenvalue weighted by atomic mass is 15.3. The summed E-state index contributed by atoms with van der Waals surface area (Å²) in [6, 6.07) is -0.134. The van der Waals surface area contributed by atoms with E-state index in [2.05, 4.69) is 15.6 Å². The van der Waals surface area contributed by atoms with Crippen LogP contribution in [-0.4, -0.2) is 18.7 Å². The van der Waals surface area contributed by atoms with Crippen molar-refractivity contribution in [3.05, 3.63) is 11.5 Å². The molecule has 0 bridgehead atoms. The van der Waals surface area contributed by atoms with Crippen LogP contribution in [0.5, 0.6) is 0 Å². The SMILES string of the molecule is CC.CC.CC(N)C1=C(/N=C\N)NC(N)N1.